The number of anilines is 2. The number of nitrogens with one attached hydrogen (secondary N) is 2. The smallest absolute Gasteiger partial charge is 0.259 e. The number of pyridine rings is 1. The minimum absolute atomic E-state index is 0.314. The van der Waals surface area contributed by atoms with E-state index in [4.69, 9.17) is 16.4 Å². The van der Waals surface area contributed by atoms with Crippen molar-refractivity contribution in [1.29, 1.82) is 4.78 Å². The third kappa shape index (κ3) is 4.26. The number of aryl methyl sites for hydroxylation is 1. The van der Waals surface area contributed by atoms with Gasteiger partial charge in [0.25, 0.3) is 5.91 Å². The summed E-state index contributed by atoms with van der Waals surface area (Å²) in [7, 11) is -2.86. The Labute approximate surface area is 176 Å². The Kier molecular flexibility index (Phi) is 5.07. The molecule has 6 nitrogen and oxygen atoms in total. The van der Waals surface area contributed by atoms with Gasteiger partial charge >= 0.3 is 0 Å². The standard InChI is InChI=1S/C21H25ClN4O2S/c1-14-18(22)13-17(19(24-14)26-10-8-21(6-7-21)9-11-26)20(27)25-15-4-3-5-16(12-15)29(2,23)28/h3-5,12-13,23H,6-11H2,1-2H3,(H,25,27)/t29-/m1/s1. The molecule has 2 aliphatic rings. The molecule has 0 unspecified atom stereocenters. The maximum atomic E-state index is 13.1. The lowest BCUT2D eigenvalue weighted by Crippen LogP contribution is -2.36. The second-order valence-corrected chi connectivity index (χ2v) is 10.8. The largest absolute Gasteiger partial charge is 0.356 e. The Balaban J connectivity index is 1.62. The van der Waals surface area contributed by atoms with E-state index >= 15 is 0 Å². The van der Waals surface area contributed by atoms with Crippen molar-refractivity contribution >= 4 is 38.7 Å². The summed E-state index contributed by atoms with van der Waals surface area (Å²) in [5, 5.41) is 3.30. The predicted molar refractivity (Wildman–Crippen MR) is 117 cm³/mol. The highest BCUT2D eigenvalue weighted by molar-refractivity contribution is 7.91. The van der Waals surface area contributed by atoms with E-state index in [1.807, 2.05) is 6.92 Å². The van der Waals surface area contributed by atoms with Crippen molar-refractivity contribution in [3.8, 4) is 0 Å². The molecule has 1 atom stereocenters. The highest BCUT2D eigenvalue weighted by atomic mass is 35.5. The van der Waals surface area contributed by atoms with Crippen LogP contribution in [0.3, 0.4) is 0 Å². The summed E-state index contributed by atoms with van der Waals surface area (Å²) in [6.07, 6.45) is 6.25. The van der Waals surface area contributed by atoms with Crippen LogP contribution >= 0.6 is 11.6 Å². The minimum Gasteiger partial charge on any atom is -0.356 e. The van der Waals surface area contributed by atoms with Crippen molar-refractivity contribution in [2.75, 3.05) is 29.6 Å². The average molecular weight is 433 g/mol. The van der Waals surface area contributed by atoms with Gasteiger partial charge in [-0.2, -0.15) is 0 Å². The van der Waals surface area contributed by atoms with Crippen LogP contribution in [0.1, 0.15) is 41.7 Å². The molecule has 0 bridgehead atoms. The first-order chi connectivity index (χ1) is 13.7. The lowest BCUT2D eigenvalue weighted by molar-refractivity contribution is 0.102. The van der Waals surface area contributed by atoms with Gasteiger partial charge in [-0.25, -0.2) is 14.0 Å². The van der Waals surface area contributed by atoms with Gasteiger partial charge in [0.15, 0.2) is 0 Å². The van der Waals surface area contributed by atoms with E-state index in [1.165, 1.54) is 19.1 Å². The van der Waals surface area contributed by atoms with E-state index in [9.17, 15) is 9.00 Å². The van der Waals surface area contributed by atoms with Gasteiger partial charge in [-0.1, -0.05) is 17.7 Å². The summed E-state index contributed by atoms with van der Waals surface area (Å²) in [4.78, 5) is 20.3. The normalized spacial score (nSPS) is 19.6. The number of hydrogen-bond acceptors (Lipinski definition) is 5. The van der Waals surface area contributed by atoms with Crippen molar-refractivity contribution in [2.24, 2.45) is 5.41 Å². The van der Waals surface area contributed by atoms with Crippen LogP contribution < -0.4 is 10.2 Å². The Hall–Kier alpha value is -2.12. The molecule has 2 N–H and O–H groups in total. The Morgan fingerprint density at radius 3 is 2.55 bits per heavy atom. The predicted octanol–water partition coefficient (Wildman–Crippen LogP) is 4.71. The maximum Gasteiger partial charge on any atom is 0.259 e. The first kappa shape index (κ1) is 20.2. The highest BCUT2D eigenvalue weighted by Gasteiger charge is 2.44. The summed E-state index contributed by atoms with van der Waals surface area (Å²) < 4.78 is 19.8. The molecule has 1 saturated heterocycles. The molecule has 1 aliphatic heterocycles. The van der Waals surface area contributed by atoms with E-state index in [0.717, 1.165) is 25.9 Å². The number of carbonyl (C=O) groups is 1. The number of rotatable bonds is 4. The number of nitrogens with zero attached hydrogens (tertiary/aromatic N) is 2. The van der Waals surface area contributed by atoms with E-state index in [0.29, 0.717) is 38.1 Å². The molecule has 2 aromatic rings. The maximum absolute atomic E-state index is 13.1. The highest BCUT2D eigenvalue weighted by Crippen LogP contribution is 2.54. The molecule has 1 spiro atoms. The summed E-state index contributed by atoms with van der Waals surface area (Å²) in [5.41, 5.74) is 2.16. The van der Waals surface area contributed by atoms with Crippen molar-refractivity contribution < 1.29 is 9.00 Å². The first-order valence-corrected chi connectivity index (χ1v) is 12.1. The fourth-order valence-corrected chi connectivity index (χ4v) is 4.70. The lowest BCUT2D eigenvalue weighted by atomic mass is 9.93. The molecule has 1 aromatic carbocycles. The number of halogens is 1. The van der Waals surface area contributed by atoms with Gasteiger partial charge in [0.1, 0.15) is 5.82 Å². The molecule has 4 rings (SSSR count). The number of aromatic nitrogens is 1. The van der Waals surface area contributed by atoms with E-state index in [1.54, 1.807) is 30.3 Å². The van der Waals surface area contributed by atoms with Crippen LogP contribution in [0.25, 0.3) is 0 Å². The average Bonchev–Trinajstić information content (AvgIpc) is 3.43. The topological polar surface area (TPSA) is 86.2 Å². The zero-order valence-corrected chi connectivity index (χ0v) is 18.2. The van der Waals surface area contributed by atoms with Crippen LogP contribution in [0.15, 0.2) is 35.2 Å². The minimum atomic E-state index is -2.86. The number of hydrogen-bond donors (Lipinski definition) is 2. The number of benzene rings is 1. The van der Waals surface area contributed by atoms with Crippen molar-refractivity contribution in [1.82, 2.24) is 4.98 Å². The SMILES string of the molecule is Cc1nc(N2CCC3(CC2)CC3)c(C(=O)Nc2cccc([S@](C)(=N)=O)c2)cc1Cl. The van der Waals surface area contributed by atoms with Crippen molar-refractivity contribution in [3.05, 3.63) is 46.6 Å². The van der Waals surface area contributed by atoms with Crippen LogP contribution in [-0.2, 0) is 9.73 Å². The summed E-state index contributed by atoms with van der Waals surface area (Å²) in [5.74, 6) is 0.349. The molecule has 0 radical (unpaired) electrons. The molecular formula is C21H25ClN4O2S. The zero-order valence-electron chi connectivity index (χ0n) is 16.6. The van der Waals surface area contributed by atoms with Gasteiger partial charge < -0.3 is 10.2 Å². The fraction of sp³-hybridized carbons (Fsp3) is 0.429. The molecule has 154 valence electrons. The molecule has 1 amide bonds. The molecule has 29 heavy (non-hydrogen) atoms. The summed E-state index contributed by atoms with van der Waals surface area (Å²) in [6.45, 7) is 3.62. The second-order valence-electron chi connectivity index (χ2n) is 8.24. The Morgan fingerprint density at radius 2 is 1.93 bits per heavy atom. The van der Waals surface area contributed by atoms with Gasteiger partial charge in [0.2, 0.25) is 0 Å². The second kappa shape index (κ2) is 7.29. The number of carbonyl (C=O) groups excluding carboxylic acids is 1. The number of piperidine rings is 1. The molecule has 1 aliphatic carbocycles. The van der Waals surface area contributed by atoms with Gasteiger partial charge in [-0.3, -0.25) is 4.79 Å². The third-order valence-corrected chi connectivity index (χ3v) is 7.53. The zero-order chi connectivity index (χ0) is 20.8. The lowest BCUT2D eigenvalue weighted by Gasteiger charge is -2.34. The van der Waals surface area contributed by atoms with Crippen molar-refractivity contribution in [2.45, 2.75) is 37.5 Å². The quantitative estimate of drug-likeness (QED) is 0.732. The molecular weight excluding hydrogens is 408 g/mol. The monoisotopic (exact) mass is 432 g/mol. The molecule has 2 heterocycles. The van der Waals surface area contributed by atoms with Gasteiger partial charge in [-0.15, -0.1) is 0 Å². The third-order valence-electron chi connectivity index (χ3n) is 6.00. The Morgan fingerprint density at radius 1 is 1.24 bits per heavy atom. The number of amides is 1. The summed E-state index contributed by atoms with van der Waals surface area (Å²) >= 11 is 6.29. The van der Waals surface area contributed by atoms with E-state index < -0.39 is 9.73 Å². The van der Waals surface area contributed by atoms with Crippen molar-refractivity contribution in [3.63, 3.8) is 0 Å². The van der Waals surface area contributed by atoms with Gasteiger partial charge in [0.05, 0.1) is 26.0 Å². The van der Waals surface area contributed by atoms with Gasteiger partial charge in [-0.05, 0) is 62.3 Å². The van der Waals surface area contributed by atoms with Crippen LogP contribution in [0.2, 0.25) is 5.02 Å². The van der Waals surface area contributed by atoms with Crippen LogP contribution in [0.5, 0.6) is 0 Å². The van der Waals surface area contributed by atoms with Crippen LogP contribution in [0, 0.1) is 17.1 Å². The molecule has 1 aromatic heterocycles. The first-order valence-electron chi connectivity index (χ1n) is 9.74. The van der Waals surface area contributed by atoms with Crippen LogP contribution in [-0.4, -0.2) is 34.4 Å². The van der Waals surface area contributed by atoms with E-state index in [2.05, 4.69) is 15.2 Å². The molecule has 1 saturated carbocycles. The molecule has 2 fully saturated rings. The fourth-order valence-electron chi connectivity index (χ4n) is 3.86. The Bertz CT molecular complexity index is 1070. The van der Waals surface area contributed by atoms with Gasteiger partial charge in [0, 0.05) is 29.9 Å². The summed E-state index contributed by atoms with van der Waals surface area (Å²) in [6, 6.07) is 8.28. The van der Waals surface area contributed by atoms with E-state index in [-0.39, 0.29) is 5.91 Å². The molecule has 8 heteroatoms. The van der Waals surface area contributed by atoms with Crippen LogP contribution in [0.4, 0.5) is 11.5 Å².